The SMILES string of the molecule is Cc1ccc(NCc2cccc([N+](=O)[O-])c2F)cc1F. The van der Waals surface area contributed by atoms with E-state index in [1.54, 1.807) is 19.1 Å². The second-order valence-electron chi connectivity index (χ2n) is 4.32. The molecule has 0 spiro atoms. The minimum Gasteiger partial charge on any atom is -0.381 e. The predicted molar refractivity (Wildman–Crippen MR) is 71.5 cm³/mol. The third-order valence-corrected chi connectivity index (χ3v) is 2.91. The number of nitrogens with one attached hydrogen (secondary N) is 1. The van der Waals surface area contributed by atoms with E-state index in [1.807, 2.05) is 0 Å². The molecular formula is C14H12F2N2O2. The van der Waals surface area contributed by atoms with E-state index in [1.165, 1.54) is 18.2 Å². The second-order valence-corrected chi connectivity index (χ2v) is 4.32. The highest BCUT2D eigenvalue weighted by Crippen LogP contribution is 2.21. The van der Waals surface area contributed by atoms with Crippen LogP contribution in [-0.4, -0.2) is 4.92 Å². The van der Waals surface area contributed by atoms with Crippen LogP contribution in [0.3, 0.4) is 0 Å². The molecule has 104 valence electrons. The molecule has 1 N–H and O–H groups in total. The summed E-state index contributed by atoms with van der Waals surface area (Å²) in [4.78, 5) is 9.85. The van der Waals surface area contributed by atoms with E-state index in [0.717, 1.165) is 6.07 Å². The molecule has 2 aromatic rings. The van der Waals surface area contributed by atoms with E-state index < -0.39 is 16.4 Å². The Hall–Kier alpha value is -2.50. The molecular weight excluding hydrogens is 266 g/mol. The lowest BCUT2D eigenvalue weighted by Crippen LogP contribution is -2.04. The van der Waals surface area contributed by atoms with Crippen LogP contribution in [-0.2, 0) is 6.54 Å². The molecule has 0 saturated carbocycles. The topological polar surface area (TPSA) is 55.2 Å². The fourth-order valence-electron chi connectivity index (χ4n) is 1.74. The van der Waals surface area contributed by atoms with Crippen molar-refractivity contribution in [2.75, 3.05) is 5.32 Å². The van der Waals surface area contributed by atoms with Gasteiger partial charge in [0, 0.05) is 23.9 Å². The van der Waals surface area contributed by atoms with E-state index in [4.69, 9.17) is 0 Å². The van der Waals surface area contributed by atoms with Crippen molar-refractivity contribution in [1.82, 2.24) is 0 Å². The van der Waals surface area contributed by atoms with Crippen molar-refractivity contribution < 1.29 is 13.7 Å². The second kappa shape index (κ2) is 5.64. The van der Waals surface area contributed by atoms with Crippen LogP contribution in [0.1, 0.15) is 11.1 Å². The maximum atomic E-state index is 13.8. The summed E-state index contributed by atoms with van der Waals surface area (Å²) in [5.41, 5.74) is 0.579. The van der Waals surface area contributed by atoms with Gasteiger partial charge in [-0.05, 0) is 24.6 Å². The molecule has 4 nitrogen and oxygen atoms in total. The van der Waals surface area contributed by atoms with Crippen molar-refractivity contribution in [2.24, 2.45) is 0 Å². The van der Waals surface area contributed by atoms with Crippen LogP contribution >= 0.6 is 0 Å². The summed E-state index contributed by atoms with van der Waals surface area (Å²) in [5, 5.41) is 13.5. The Kier molecular flexibility index (Phi) is 3.93. The molecule has 0 bridgehead atoms. The van der Waals surface area contributed by atoms with Crippen LogP contribution in [0.2, 0.25) is 0 Å². The van der Waals surface area contributed by atoms with Crippen LogP contribution in [0, 0.1) is 28.7 Å². The Morgan fingerprint density at radius 2 is 2.00 bits per heavy atom. The first kappa shape index (κ1) is 13.9. The minimum atomic E-state index is -0.877. The summed E-state index contributed by atoms with van der Waals surface area (Å²) in [6.07, 6.45) is 0. The fraction of sp³-hybridized carbons (Fsp3) is 0.143. The Bertz CT molecular complexity index is 660. The number of nitrogens with zero attached hydrogens (tertiary/aromatic N) is 1. The van der Waals surface area contributed by atoms with Gasteiger partial charge >= 0.3 is 5.69 Å². The number of benzene rings is 2. The molecule has 0 saturated heterocycles. The number of halogens is 2. The van der Waals surface area contributed by atoms with Gasteiger partial charge < -0.3 is 5.32 Å². The maximum absolute atomic E-state index is 13.8. The molecule has 2 rings (SSSR count). The van der Waals surface area contributed by atoms with Gasteiger partial charge in [-0.3, -0.25) is 10.1 Å². The summed E-state index contributed by atoms with van der Waals surface area (Å²) in [5.74, 6) is -1.24. The predicted octanol–water partition coefficient (Wildman–Crippen LogP) is 3.79. The first-order chi connectivity index (χ1) is 9.49. The molecule has 0 amide bonds. The molecule has 0 unspecified atom stereocenters. The molecule has 0 aliphatic heterocycles. The zero-order chi connectivity index (χ0) is 14.7. The minimum absolute atomic E-state index is 0.0377. The summed E-state index contributed by atoms with van der Waals surface area (Å²) < 4.78 is 27.2. The molecule has 0 atom stereocenters. The van der Waals surface area contributed by atoms with Crippen LogP contribution in [0.5, 0.6) is 0 Å². The standard InChI is InChI=1S/C14H12F2N2O2/c1-9-5-6-11(7-12(9)15)17-8-10-3-2-4-13(14(10)16)18(19)20/h2-7,17H,8H2,1H3. The third-order valence-electron chi connectivity index (χ3n) is 2.91. The highest BCUT2D eigenvalue weighted by atomic mass is 19.1. The van der Waals surface area contributed by atoms with Crippen LogP contribution in [0.4, 0.5) is 20.2 Å². The Labute approximate surface area is 114 Å². The number of rotatable bonds is 4. The van der Waals surface area contributed by atoms with Crippen molar-refractivity contribution in [3.8, 4) is 0 Å². The Morgan fingerprint density at radius 1 is 1.25 bits per heavy atom. The van der Waals surface area contributed by atoms with Gasteiger partial charge in [0.2, 0.25) is 5.82 Å². The Balaban J connectivity index is 2.17. The van der Waals surface area contributed by atoms with E-state index in [0.29, 0.717) is 11.3 Å². The summed E-state index contributed by atoms with van der Waals surface area (Å²) in [6.45, 7) is 1.68. The number of nitro benzene ring substituents is 1. The number of aryl methyl sites for hydroxylation is 1. The third kappa shape index (κ3) is 2.90. The van der Waals surface area contributed by atoms with E-state index in [2.05, 4.69) is 5.32 Å². The normalized spacial score (nSPS) is 10.3. The van der Waals surface area contributed by atoms with Gasteiger partial charge in [-0.1, -0.05) is 18.2 Å². The smallest absolute Gasteiger partial charge is 0.305 e. The zero-order valence-electron chi connectivity index (χ0n) is 10.7. The maximum Gasteiger partial charge on any atom is 0.305 e. The fourth-order valence-corrected chi connectivity index (χ4v) is 1.74. The Morgan fingerprint density at radius 3 is 2.65 bits per heavy atom. The lowest BCUT2D eigenvalue weighted by atomic mass is 10.1. The van der Waals surface area contributed by atoms with Crippen LogP contribution < -0.4 is 5.32 Å². The average molecular weight is 278 g/mol. The van der Waals surface area contributed by atoms with Crippen LogP contribution in [0.15, 0.2) is 36.4 Å². The van der Waals surface area contributed by atoms with Gasteiger partial charge in [0.15, 0.2) is 0 Å². The number of hydrogen-bond acceptors (Lipinski definition) is 3. The van der Waals surface area contributed by atoms with Gasteiger partial charge in [-0.2, -0.15) is 4.39 Å². The molecule has 0 aromatic heterocycles. The molecule has 0 heterocycles. The molecule has 0 fully saturated rings. The number of anilines is 1. The largest absolute Gasteiger partial charge is 0.381 e. The average Bonchev–Trinajstić information content (AvgIpc) is 2.41. The quantitative estimate of drug-likeness (QED) is 0.683. The van der Waals surface area contributed by atoms with Gasteiger partial charge in [0.1, 0.15) is 5.82 Å². The van der Waals surface area contributed by atoms with Gasteiger partial charge in [-0.15, -0.1) is 0 Å². The van der Waals surface area contributed by atoms with Gasteiger partial charge in [0.05, 0.1) is 4.92 Å². The number of nitro groups is 1. The molecule has 0 aliphatic rings. The molecule has 6 heteroatoms. The van der Waals surface area contributed by atoms with Crippen molar-refractivity contribution in [3.05, 3.63) is 69.3 Å². The highest BCUT2D eigenvalue weighted by molar-refractivity contribution is 5.46. The summed E-state index contributed by atoms with van der Waals surface area (Å²) in [7, 11) is 0. The monoisotopic (exact) mass is 278 g/mol. The van der Waals surface area contributed by atoms with Crippen molar-refractivity contribution >= 4 is 11.4 Å². The first-order valence-corrected chi connectivity index (χ1v) is 5.91. The van der Waals surface area contributed by atoms with Crippen molar-refractivity contribution in [1.29, 1.82) is 0 Å². The van der Waals surface area contributed by atoms with E-state index in [9.17, 15) is 18.9 Å². The highest BCUT2D eigenvalue weighted by Gasteiger charge is 2.16. The van der Waals surface area contributed by atoms with Crippen molar-refractivity contribution in [2.45, 2.75) is 13.5 Å². The lowest BCUT2D eigenvalue weighted by Gasteiger charge is -2.08. The van der Waals surface area contributed by atoms with Crippen molar-refractivity contribution in [3.63, 3.8) is 0 Å². The summed E-state index contributed by atoms with van der Waals surface area (Å²) in [6, 6.07) is 8.51. The molecule has 20 heavy (non-hydrogen) atoms. The zero-order valence-corrected chi connectivity index (χ0v) is 10.7. The van der Waals surface area contributed by atoms with Gasteiger partial charge in [0.25, 0.3) is 0 Å². The van der Waals surface area contributed by atoms with E-state index >= 15 is 0 Å². The lowest BCUT2D eigenvalue weighted by molar-refractivity contribution is -0.387. The number of hydrogen-bond donors (Lipinski definition) is 1. The molecule has 2 aromatic carbocycles. The summed E-state index contributed by atoms with van der Waals surface area (Å²) >= 11 is 0. The molecule has 0 aliphatic carbocycles. The van der Waals surface area contributed by atoms with E-state index in [-0.39, 0.29) is 17.9 Å². The van der Waals surface area contributed by atoms with Gasteiger partial charge in [-0.25, -0.2) is 4.39 Å². The first-order valence-electron chi connectivity index (χ1n) is 5.91. The van der Waals surface area contributed by atoms with Crippen LogP contribution in [0.25, 0.3) is 0 Å². The molecule has 0 radical (unpaired) electrons.